The quantitative estimate of drug-likeness (QED) is 0.350. The topological polar surface area (TPSA) is 118 Å². The van der Waals surface area contributed by atoms with Crippen LogP contribution in [0.1, 0.15) is 78.7 Å². The number of rotatable bonds is 6. The molecule has 4 rings (SSSR count). The zero-order valence-corrected chi connectivity index (χ0v) is 24.4. The molecule has 0 aromatic carbocycles. The maximum absolute atomic E-state index is 13.0. The minimum Gasteiger partial charge on any atom is -0.472 e. The molecule has 218 valence electrons. The average molecular weight is 557 g/mol. The van der Waals surface area contributed by atoms with Crippen molar-refractivity contribution in [3.05, 3.63) is 48.0 Å². The Labute approximate surface area is 235 Å². The van der Waals surface area contributed by atoms with Crippen LogP contribution in [-0.2, 0) is 38.1 Å². The predicted octanol–water partition coefficient (Wildman–Crippen LogP) is 5.05. The Morgan fingerprint density at radius 3 is 2.27 bits per heavy atom. The Balaban J connectivity index is 1.90. The molecule has 40 heavy (non-hydrogen) atoms. The fourth-order valence-corrected chi connectivity index (χ4v) is 7.81. The van der Waals surface area contributed by atoms with Crippen molar-refractivity contribution in [2.45, 2.75) is 91.0 Å². The van der Waals surface area contributed by atoms with Gasteiger partial charge in [0.05, 0.1) is 32.5 Å². The summed E-state index contributed by atoms with van der Waals surface area (Å²) in [6.07, 6.45) is 4.75. The molecule has 2 fully saturated rings. The number of carbonyl (C=O) groups is 4. The summed E-state index contributed by atoms with van der Waals surface area (Å²) in [5, 5.41) is 0. The van der Waals surface area contributed by atoms with Gasteiger partial charge < -0.3 is 23.4 Å². The van der Waals surface area contributed by atoms with Gasteiger partial charge in [-0.25, -0.2) is 0 Å². The van der Waals surface area contributed by atoms with Gasteiger partial charge in [-0.15, -0.1) is 0 Å². The number of ether oxygens (including phenoxy) is 4. The highest BCUT2D eigenvalue weighted by molar-refractivity contribution is 5.74. The summed E-state index contributed by atoms with van der Waals surface area (Å²) in [5.74, 6) is -3.05. The molecular formula is C31H40O9. The molecule has 1 aliphatic heterocycles. The summed E-state index contributed by atoms with van der Waals surface area (Å²) in [5.41, 5.74) is 0.0175. The van der Waals surface area contributed by atoms with Gasteiger partial charge in [0.1, 0.15) is 17.8 Å². The highest BCUT2D eigenvalue weighted by Gasteiger charge is 2.64. The fourth-order valence-electron chi connectivity index (χ4n) is 7.81. The van der Waals surface area contributed by atoms with Gasteiger partial charge in [0.25, 0.3) is 0 Å². The van der Waals surface area contributed by atoms with Crippen molar-refractivity contribution in [1.82, 2.24) is 0 Å². The molecule has 0 N–H and O–H groups in total. The Bertz CT molecular complexity index is 1230. The number of hydrogen-bond donors (Lipinski definition) is 0. The zero-order chi connectivity index (χ0) is 29.6. The van der Waals surface area contributed by atoms with Crippen LogP contribution in [0.15, 0.2) is 46.8 Å². The summed E-state index contributed by atoms with van der Waals surface area (Å²) in [6, 6.07) is 1.92. The highest BCUT2D eigenvalue weighted by atomic mass is 16.6. The smallest absolute Gasteiger partial charge is 0.310 e. The van der Waals surface area contributed by atoms with E-state index in [0.717, 1.165) is 16.7 Å². The lowest BCUT2D eigenvalue weighted by Gasteiger charge is -2.56. The number of methoxy groups -OCH3 is 1. The van der Waals surface area contributed by atoms with E-state index in [1.165, 1.54) is 21.0 Å². The third-order valence-corrected chi connectivity index (χ3v) is 9.67. The lowest BCUT2D eigenvalue weighted by molar-refractivity contribution is -0.176. The minimum atomic E-state index is -1.11. The van der Waals surface area contributed by atoms with Crippen molar-refractivity contribution in [3.63, 3.8) is 0 Å². The van der Waals surface area contributed by atoms with Gasteiger partial charge in [0, 0.05) is 36.5 Å². The van der Waals surface area contributed by atoms with Gasteiger partial charge in [-0.05, 0) is 55.4 Å². The first-order chi connectivity index (χ1) is 18.7. The number of carbonyl (C=O) groups excluding carboxylic acids is 4. The van der Waals surface area contributed by atoms with Gasteiger partial charge >= 0.3 is 23.9 Å². The van der Waals surface area contributed by atoms with Gasteiger partial charge in [-0.1, -0.05) is 26.5 Å². The first-order valence-corrected chi connectivity index (χ1v) is 13.7. The zero-order valence-electron chi connectivity index (χ0n) is 24.4. The van der Waals surface area contributed by atoms with Crippen molar-refractivity contribution in [3.8, 4) is 0 Å². The second kappa shape index (κ2) is 10.6. The maximum atomic E-state index is 13.0. The molecule has 0 amide bonds. The standard InChI is InChI=1S/C31H40O9/c1-17-21-9-10-22(20-11-12-37-16-20)30(21,6)25(38-18(2)32)13-23(17)31(7)24(14-27(34)36-8)29(4,5)40-28(35)15-26(31)39-19(3)33/h9,11-12,16,22-26H,1,10,13-15H2,2-8H3/t22?,23?,24-,25-,26-,30+,31+/m0/s1. The molecule has 2 unspecified atom stereocenters. The van der Waals surface area contributed by atoms with Gasteiger partial charge in [-0.3, -0.25) is 19.2 Å². The van der Waals surface area contributed by atoms with Gasteiger partial charge in [0.15, 0.2) is 0 Å². The summed E-state index contributed by atoms with van der Waals surface area (Å²) in [4.78, 5) is 50.6. The molecule has 0 radical (unpaired) electrons. The minimum absolute atomic E-state index is 0.0123. The highest BCUT2D eigenvalue weighted by Crippen LogP contribution is 2.65. The van der Waals surface area contributed by atoms with Crippen molar-refractivity contribution < 1.29 is 42.5 Å². The van der Waals surface area contributed by atoms with Crippen LogP contribution in [0.4, 0.5) is 0 Å². The molecule has 0 spiro atoms. The molecule has 1 aromatic rings. The molecule has 1 saturated carbocycles. The molecule has 0 bridgehead atoms. The van der Waals surface area contributed by atoms with Crippen LogP contribution in [0.5, 0.6) is 0 Å². The Hall–Kier alpha value is -3.36. The first kappa shape index (κ1) is 29.6. The number of esters is 4. The molecule has 9 nitrogen and oxygen atoms in total. The first-order valence-electron chi connectivity index (χ1n) is 13.7. The molecule has 1 aromatic heterocycles. The van der Waals surface area contributed by atoms with Crippen LogP contribution in [-0.4, -0.2) is 48.8 Å². The van der Waals surface area contributed by atoms with E-state index in [9.17, 15) is 19.2 Å². The fraction of sp³-hybridized carbons (Fsp3) is 0.613. The van der Waals surface area contributed by atoms with E-state index >= 15 is 0 Å². The molecule has 2 heterocycles. The molecular weight excluding hydrogens is 516 g/mol. The Morgan fingerprint density at radius 2 is 1.70 bits per heavy atom. The van der Waals surface area contributed by atoms with Crippen LogP contribution >= 0.6 is 0 Å². The summed E-state index contributed by atoms with van der Waals surface area (Å²) in [7, 11) is 1.31. The van der Waals surface area contributed by atoms with Gasteiger partial charge in [0.2, 0.25) is 0 Å². The van der Waals surface area contributed by atoms with Crippen molar-refractivity contribution >= 4 is 23.9 Å². The average Bonchev–Trinajstić information content (AvgIpc) is 3.49. The number of fused-ring (bicyclic) bond motifs is 1. The number of cyclic esters (lactones) is 1. The predicted molar refractivity (Wildman–Crippen MR) is 144 cm³/mol. The van der Waals surface area contributed by atoms with Gasteiger partial charge in [-0.2, -0.15) is 0 Å². The van der Waals surface area contributed by atoms with E-state index < -0.39 is 64.4 Å². The third-order valence-electron chi connectivity index (χ3n) is 9.67. The maximum Gasteiger partial charge on any atom is 0.310 e. The molecule has 7 atom stereocenters. The van der Waals surface area contributed by atoms with E-state index in [2.05, 4.69) is 19.6 Å². The molecule has 1 saturated heterocycles. The summed E-state index contributed by atoms with van der Waals surface area (Å²) < 4.78 is 28.2. The van der Waals surface area contributed by atoms with Crippen LogP contribution < -0.4 is 0 Å². The largest absolute Gasteiger partial charge is 0.472 e. The van der Waals surface area contributed by atoms with Crippen molar-refractivity contribution in [2.75, 3.05) is 7.11 Å². The second-order valence-corrected chi connectivity index (χ2v) is 12.2. The van der Waals surface area contributed by atoms with E-state index in [0.29, 0.717) is 12.8 Å². The van der Waals surface area contributed by atoms with E-state index in [1.54, 1.807) is 26.4 Å². The Morgan fingerprint density at radius 1 is 1.05 bits per heavy atom. The molecule has 3 aliphatic rings. The summed E-state index contributed by atoms with van der Waals surface area (Å²) in [6.45, 7) is 14.8. The number of hydrogen-bond acceptors (Lipinski definition) is 9. The SMILES string of the molecule is C=C1C2=CCC(c3ccoc3)[C@]2(C)[C@@H](OC(C)=O)CC1[C@@]1(C)[C@@H](OC(C)=O)CC(=O)OC(C)(C)[C@@H]1CC(=O)OC. The monoisotopic (exact) mass is 556 g/mol. The molecule has 9 heteroatoms. The van der Waals surface area contributed by atoms with E-state index in [4.69, 9.17) is 23.4 Å². The van der Waals surface area contributed by atoms with Crippen molar-refractivity contribution in [2.24, 2.45) is 22.7 Å². The summed E-state index contributed by atoms with van der Waals surface area (Å²) >= 11 is 0. The lowest BCUT2D eigenvalue weighted by atomic mass is 9.50. The van der Waals surface area contributed by atoms with Crippen LogP contribution in [0.25, 0.3) is 0 Å². The number of allylic oxidation sites excluding steroid dienone is 2. The third kappa shape index (κ3) is 4.88. The second-order valence-electron chi connectivity index (χ2n) is 12.2. The number of furan rings is 1. The van der Waals surface area contributed by atoms with Crippen molar-refractivity contribution in [1.29, 1.82) is 0 Å². The van der Waals surface area contributed by atoms with Crippen LogP contribution in [0, 0.1) is 22.7 Å². The normalized spacial score (nSPS) is 35.1. The molecule has 2 aliphatic carbocycles. The lowest BCUT2D eigenvalue weighted by Crippen LogP contribution is -2.57. The van der Waals surface area contributed by atoms with Crippen LogP contribution in [0.3, 0.4) is 0 Å². The van der Waals surface area contributed by atoms with E-state index in [-0.39, 0.29) is 18.8 Å². The van der Waals surface area contributed by atoms with Crippen LogP contribution in [0.2, 0.25) is 0 Å². The Kier molecular flexibility index (Phi) is 7.82. The van der Waals surface area contributed by atoms with E-state index in [1.807, 2.05) is 13.0 Å².